The predicted molar refractivity (Wildman–Crippen MR) is 490 cm³/mol. The van der Waals surface area contributed by atoms with E-state index < -0.39 is 94.7 Å². The third-order valence-electron chi connectivity index (χ3n) is 28.1. The van der Waals surface area contributed by atoms with Crippen molar-refractivity contribution in [3.05, 3.63) is 134 Å². The average molecular weight is 1910 g/mol. The second kappa shape index (κ2) is 33.6. The van der Waals surface area contributed by atoms with Crippen molar-refractivity contribution in [2.75, 3.05) is 48.0 Å². The average Bonchev–Trinajstić information content (AvgIpc) is 1.52. The molecule has 12 aromatic heterocycles. The zero-order valence-electron chi connectivity index (χ0n) is 70.5. The minimum absolute atomic E-state index is 0.0883. The minimum atomic E-state index is -1.10. The van der Waals surface area contributed by atoms with Crippen LogP contribution in [0, 0.1) is 105 Å². The molecule has 0 radical (unpaired) electrons. The molecule has 23 rings (SSSR count). The molecule has 0 aliphatic heterocycles. The number of hydrogen-bond donors (Lipinski definition) is 11. The van der Waals surface area contributed by atoms with Crippen molar-refractivity contribution in [1.29, 1.82) is 0 Å². The summed E-state index contributed by atoms with van der Waals surface area (Å²) in [7, 11) is 3.71. The molecule has 0 spiro atoms. The van der Waals surface area contributed by atoms with Crippen LogP contribution in [-0.2, 0) is 19.2 Å². The fourth-order valence-corrected chi connectivity index (χ4v) is 24.0. The molecule has 0 aromatic carbocycles. The summed E-state index contributed by atoms with van der Waals surface area (Å²) >= 11 is 29.5. The molecule has 20 atom stereocenters. The Balaban J connectivity index is 0.000000108. The number of carbonyl (C=O) groups excluding carboxylic acids is 4. The van der Waals surface area contributed by atoms with Crippen molar-refractivity contribution in [3.63, 3.8) is 0 Å². The van der Waals surface area contributed by atoms with Gasteiger partial charge in [-0.2, -0.15) is 0 Å². The van der Waals surface area contributed by atoms with Crippen LogP contribution in [0.1, 0.15) is 165 Å². The number of aromatic nitrogens is 16. The van der Waals surface area contributed by atoms with Crippen molar-refractivity contribution in [2.45, 2.75) is 177 Å². The van der Waals surface area contributed by atoms with Gasteiger partial charge >= 0.3 is 0 Å². The molecule has 8 unspecified atom stereocenters. The number of aliphatic hydroxyl groups is 8. The number of thiophene rings is 4. The second-order valence-electron chi connectivity index (χ2n) is 35.9. The predicted octanol–water partition coefficient (Wildman–Crippen LogP) is 9.93. The standard InChI is InChI=1S/C24H24ClN5O3S.C23H22ClN5O3S.C22H20ClN5O3S.C21H20ClN5O3S/c1-12(31)24-9-15(24)19(20(32)21(24)33)30-11-27-18-22(26-10-13-3-2-4-13)28-17(29-23(18)30)8-6-14-5-7-16(25)34-14;1-11(30)23-8-14(23)18(19(31)20(23)32)29-10-26-17-21(25-9-12-2-3-12)27-16(28-22(17)29)7-5-13-4-6-15(24)33-13;1-10(29)22-8-13(22)17(18(30)19(22)31)28-9-24-16-20(25-11-2-3-11)26-15(27-21(16)28)7-5-12-4-6-14(23)32-12;1-10(28)21-8-12(21)16(17(29)18(21)30)27-9-23-15-19(26(2)3)24-14(25-20(15)27)7-5-11-4-6-13(22)31-11/h5,7,11,13,15,19-21,32-33H,2-4,9-10H2,1H3,(H,26,28,29);4,6,10,12,14,18-20,31-32H,2-3,8-9H2,1H3,(H,25,27,28);4,6,9,11,13,17-19,30-31H,2-3,8H2,1H3,(H,25,26,27);4,6,9,12,16-18,29-30H,8H2,1-3H3/t15?,19-,20+,21?,24+;14?,18-,19+,20?,23+;13?,17-,18+,19?,22+;12?,16-,17+,18?,21+/m1111/s1. The first-order valence-corrected chi connectivity index (χ1v) is 47.6. The highest BCUT2D eigenvalue weighted by Gasteiger charge is 2.77. The maximum absolute atomic E-state index is 12.3. The summed E-state index contributed by atoms with van der Waals surface area (Å²) in [5, 5.41) is 96.1. The van der Waals surface area contributed by atoms with Crippen LogP contribution in [0.4, 0.5) is 23.3 Å². The van der Waals surface area contributed by atoms with Crippen LogP contribution in [0.5, 0.6) is 0 Å². The maximum atomic E-state index is 12.3. The quantitative estimate of drug-likeness (QED) is 0.0377. The molecule has 12 heterocycles. The van der Waals surface area contributed by atoms with E-state index in [4.69, 9.17) is 46.4 Å². The highest BCUT2D eigenvalue weighted by Crippen LogP contribution is 2.72. The van der Waals surface area contributed by atoms with E-state index in [1.807, 2.05) is 43.3 Å². The van der Waals surface area contributed by atoms with Gasteiger partial charge in [0.1, 0.15) is 47.5 Å². The number of carbonyl (C=O) groups is 4. The zero-order valence-corrected chi connectivity index (χ0v) is 76.8. The number of halogens is 4. The molecule has 130 heavy (non-hydrogen) atoms. The monoisotopic (exact) mass is 1910 g/mol. The van der Waals surface area contributed by atoms with Crippen molar-refractivity contribution < 1.29 is 60.0 Å². The normalized spacial score (nSPS) is 29.9. The Labute approximate surface area is 779 Å². The van der Waals surface area contributed by atoms with Gasteiger partial charge in [0.2, 0.25) is 23.3 Å². The zero-order chi connectivity index (χ0) is 90.8. The number of aliphatic hydroxyl groups excluding tert-OH is 8. The summed E-state index contributed by atoms with van der Waals surface area (Å²) in [6, 6.07) is 12.9. The van der Waals surface area contributed by atoms with Gasteiger partial charge in [-0.05, 0) is 223 Å². The van der Waals surface area contributed by atoms with Gasteiger partial charge in [0.25, 0.3) is 0 Å². The lowest BCUT2D eigenvalue weighted by Crippen LogP contribution is -2.36. The SMILES string of the molecule is CC(=O)[C@@]12CC1[C@@H](n1cnc3c(N(C)C)nc(C#Cc4ccc(Cl)s4)nc31)[C@H](O)C2O.CC(=O)[C@@]12CC1[C@@H](n1cnc3c(NC4CC4)nc(C#Cc4ccc(Cl)s4)nc31)[C@H](O)C2O.CC(=O)[C@@]12CC1[C@@H](n1cnc3c(NCC4CC4)nc(C#Cc4ccc(Cl)s4)nc31)[C@H](O)C2O.CC(=O)[C@@]12CC1[C@@H](n1cnc3c(NCC4CCC4)nc(C#Cc4ccc(Cl)s4)nc31)[C@H](O)C2O. The van der Waals surface area contributed by atoms with Gasteiger partial charge in [-0.1, -0.05) is 52.8 Å². The van der Waals surface area contributed by atoms with Crippen LogP contribution in [0.25, 0.3) is 44.7 Å². The van der Waals surface area contributed by atoms with Crippen LogP contribution < -0.4 is 20.9 Å². The van der Waals surface area contributed by atoms with E-state index in [-0.39, 0.29) is 46.8 Å². The van der Waals surface area contributed by atoms with Gasteiger partial charge in [-0.15, -0.1) is 45.3 Å². The fourth-order valence-electron chi connectivity index (χ4n) is 20.4. The number of imidazole rings is 4. The molecule has 40 heteroatoms. The Morgan fingerprint density at radius 3 is 0.938 bits per heavy atom. The van der Waals surface area contributed by atoms with Gasteiger partial charge in [-0.3, -0.25) is 19.2 Å². The highest BCUT2D eigenvalue weighted by atomic mass is 35.5. The van der Waals surface area contributed by atoms with E-state index in [1.54, 1.807) is 67.8 Å². The van der Waals surface area contributed by atoms with E-state index >= 15 is 0 Å². The van der Waals surface area contributed by atoms with Crippen LogP contribution in [0.3, 0.4) is 0 Å². The first kappa shape index (κ1) is 87.9. The number of ketones is 4. The van der Waals surface area contributed by atoms with Crippen molar-refractivity contribution in [1.82, 2.24) is 78.1 Å². The molecular weight excluding hydrogens is 1820 g/mol. The number of rotatable bonds is 17. The number of anilines is 4. The molecule has 11 N–H and O–H groups in total. The van der Waals surface area contributed by atoms with Crippen LogP contribution in [-0.4, -0.2) is 224 Å². The highest BCUT2D eigenvalue weighted by molar-refractivity contribution is 7.17. The van der Waals surface area contributed by atoms with E-state index in [0.717, 1.165) is 45.4 Å². The third-order valence-corrected chi connectivity index (χ3v) is 32.7. The topological polar surface area (TPSA) is 444 Å². The molecule has 11 aliphatic rings. The Morgan fingerprint density at radius 2 is 0.677 bits per heavy atom. The van der Waals surface area contributed by atoms with E-state index in [2.05, 4.69) is 123 Å². The van der Waals surface area contributed by atoms with Gasteiger partial charge in [0.05, 0.1) is 132 Å². The Bertz CT molecular complexity index is 6910. The summed E-state index contributed by atoms with van der Waals surface area (Å²) < 4.78 is 9.73. The number of nitrogens with zero attached hydrogens (tertiary/aromatic N) is 17. The lowest BCUT2D eigenvalue weighted by molar-refractivity contribution is -0.128. The van der Waals surface area contributed by atoms with Crippen molar-refractivity contribution >= 4 is 183 Å². The summed E-state index contributed by atoms with van der Waals surface area (Å²) in [5.41, 5.74) is 0.928. The maximum Gasteiger partial charge on any atom is 0.209 e. The van der Waals surface area contributed by atoms with Gasteiger partial charge in [0.15, 0.2) is 67.9 Å². The lowest BCUT2D eigenvalue weighted by atomic mass is 9.85. The van der Waals surface area contributed by atoms with Gasteiger partial charge in [0, 0.05) is 33.2 Å². The van der Waals surface area contributed by atoms with Gasteiger partial charge < -0.3 is 80.0 Å². The summed E-state index contributed by atoms with van der Waals surface area (Å²) in [6.07, 6.45) is 8.11. The third kappa shape index (κ3) is 15.4. The van der Waals surface area contributed by atoms with Crippen LogP contribution in [0.15, 0.2) is 73.8 Å². The summed E-state index contributed by atoms with van der Waals surface area (Å²) in [4.78, 5) is 109. The largest absolute Gasteiger partial charge is 0.389 e. The van der Waals surface area contributed by atoms with Crippen LogP contribution >= 0.6 is 91.8 Å². The Morgan fingerprint density at radius 1 is 0.392 bits per heavy atom. The molecule has 0 saturated heterocycles. The summed E-state index contributed by atoms with van der Waals surface area (Å²) in [5.74, 6) is 28.2. The molecule has 11 fully saturated rings. The molecule has 11 aliphatic carbocycles. The number of nitrogens with one attached hydrogen (secondary N) is 3. The Hall–Kier alpha value is -10.0. The number of Topliss-reactive ketones (excluding diaryl/α,β-unsaturated/α-hetero) is 4. The fraction of sp³-hybridized carbons (Fsp3) is 0.467. The molecule has 0 bridgehead atoms. The summed E-state index contributed by atoms with van der Waals surface area (Å²) in [6.45, 7) is 7.52. The van der Waals surface area contributed by atoms with E-state index in [1.165, 1.54) is 105 Å². The number of fused-ring (bicyclic) bond motifs is 8. The first-order chi connectivity index (χ1) is 62.4. The molecule has 11 saturated carbocycles. The molecule has 32 nitrogen and oxygen atoms in total. The van der Waals surface area contributed by atoms with E-state index in [9.17, 15) is 60.0 Å². The second-order valence-corrected chi connectivity index (χ2v) is 42.8. The Kier molecular flexibility index (Phi) is 22.7. The molecular formula is C90H86Cl4N20O12S4. The molecule has 12 aromatic rings. The minimum Gasteiger partial charge on any atom is -0.389 e. The first-order valence-electron chi connectivity index (χ1n) is 42.9. The molecule has 0 amide bonds. The lowest BCUT2D eigenvalue weighted by Gasteiger charge is -2.25. The van der Waals surface area contributed by atoms with E-state index in [0.29, 0.717) is 152 Å². The van der Waals surface area contributed by atoms with Gasteiger partial charge in [-0.25, -0.2) is 59.8 Å². The van der Waals surface area contributed by atoms with Crippen molar-refractivity contribution in [3.8, 4) is 47.4 Å². The van der Waals surface area contributed by atoms with Crippen LogP contribution in [0.2, 0.25) is 17.3 Å². The smallest absolute Gasteiger partial charge is 0.209 e. The number of hydrogen-bond acceptors (Lipinski definition) is 32. The molecule has 670 valence electrons. The van der Waals surface area contributed by atoms with Crippen molar-refractivity contribution in [2.24, 2.45) is 57.2 Å².